The van der Waals surface area contributed by atoms with Gasteiger partial charge in [-0.15, -0.1) is 24.0 Å². The minimum atomic E-state index is -0.229. The number of carbonyl (C=O) groups is 1. The summed E-state index contributed by atoms with van der Waals surface area (Å²) in [5, 5.41) is 2.92. The monoisotopic (exact) mass is 393 g/mol. The van der Waals surface area contributed by atoms with Crippen LogP contribution in [0, 0.1) is 0 Å². The molecule has 0 radical (unpaired) electrons. The van der Waals surface area contributed by atoms with Crippen molar-refractivity contribution in [3.05, 3.63) is 72.8 Å². The van der Waals surface area contributed by atoms with Crippen LogP contribution >= 0.6 is 24.0 Å². The van der Waals surface area contributed by atoms with Crippen molar-refractivity contribution in [3.8, 4) is 0 Å². The third-order valence-corrected chi connectivity index (χ3v) is 5.13. The largest absolute Gasteiger partial charge is 0.326 e. The van der Waals surface area contributed by atoms with Crippen molar-refractivity contribution in [1.29, 1.82) is 0 Å². The SMILES string of the molecule is O=C(Nc1ccncc1)N(Cc1ccncc1)c1ccc2nc(S)sc2c1. The summed E-state index contributed by atoms with van der Waals surface area (Å²) in [5.41, 5.74) is 3.32. The van der Waals surface area contributed by atoms with E-state index in [-0.39, 0.29) is 6.03 Å². The average Bonchev–Trinajstić information content (AvgIpc) is 3.07. The van der Waals surface area contributed by atoms with Gasteiger partial charge in [0.15, 0.2) is 0 Å². The molecule has 0 aliphatic heterocycles. The molecule has 0 saturated heterocycles. The molecule has 0 spiro atoms. The number of hydrogen-bond acceptors (Lipinski definition) is 6. The third-order valence-electron chi connectivity index (χ3n) is 3.94. The van der Waals surface area contributed by atoms with Gasteiger partial charge in [0.1, 0.15) is 4.34 Å². The predicted octanol–water partition coefficient (Wildman–Crippen LogP) is 4.61. The number of carbonyl (C=O) groups excluding carboxylic acids is 1. The Bertz CT molecular complexity index is 1070. The quantitative estimate of drug-likeness (QED) is 0.497. The number of anilines is 2. The molecule has 1 N–H and O–H groups in total. The molecule has 0 saturated carbocycles. The molecule has 0 fully saturated rings. The Morgan fingerprint density at radius 3 is 2.48 bits per heavy atom. The number of nitrogens with one attached hydrogen (secondary N) is 1. The molecule has 3 aromatic heterocycles. The highest BCUT2D eigenvalue weighted by Crippen LogP contribution is 2.29. The molecule has 134 valence electrons. The van der Waals surface area contributed by atoms with Crippen molar-refractivity contribution in [2.24, 2.45) is 0 Å². The van der Waals surface area contributed by atoms with Gasteiger partial charge in [-0.25, -0.2) is 9.78 Å². The maximum Gasteiger partial charge on any atom is 0.326 e. The Balaban J connectivity index is 1.68. The fourth-order valence-corrected chi connectivity index (χ4v) is 3.79. The molecular weight excluding hydrogens is 378 g/mol. The number of fused-ring (bicyclic) bond motifs is 1. The molecule has 0 aliphatic carbocycles. The number of rotatable bonds is 4. The maximum absolute atomic E-state index is 13.0. The van der Waals surface area contributed by atoms with Gasteiger partial charge >= 0.3 is 6.03 Å². The highest BCUT2D eigenvalue weighted by atomic mass is 32.2. The fourth-order valence-electron chi connectivity index (χ4n) is 2.65. The molecule has 2 amide bonds. The normalized spacial score (nSPS) is 10.7. The summed E-state index contributed by atoms with van der Waals surface area (Å²) >= 11 is 5.80. The lowest BCUT2D eigenvalue weighted by molar-refractivity contribution is 0.256. The molecular formula is C19H15N5OS2. The second-order valence-electron chi connectivity index (χ2n) is 5.76. The Morgan fingerprint density at radius 2 is 1.74 bits per heavy atom. The van der Waals surface area contributed by atoms with Crippen LogP contribution in [0.4, 0.5) is 16.2 Å². The van der Waals surface area contributed by atoms with Gasteiger partial charge in [-0.3, -0.25) is 14.9 Å². The summed E-state index contributed by atoms with van der Waals surface area (Å²) in [5.74, 6) is 0. The van der Waals surface area contributed by atoms with E-state index in [1.54, 1.807) is 41.8 Å². The first kappa shape index (κ1) is 17.4. The van der Waals surface area contributed by atoms with Crippen molar-refractivity contribution in [2.45, 2.75) is 10.9 Å². The number of amides is 2. The number of thiazole rings is 1. The van der Waals surface area contributed by atoms with E-state index < -0.39 is 0 Å². The summed E-state index contributed by atoms with van der Waals surface area (Å²) in [6.07, 6.45) is 6.71. The Morgan fingerprint density at radius 1 is 1.04 bits per heavy atom. The molecule has 1 aromatic carbocycles. The Kier molecular flexibility index (Phi) is 4.99. The lowest BCUT2D eigenvalue weighted by Gasteiger charge is -2.23. The second-order valence-corrected chi connectivity index (χ2v) is 7.51. The molecule has 4 aromatic rings. The van der Waals surface area contributed by atoms with Gasteiger partial charge in [0.05, 0.1) is 16.8 Å². The fraction of sp³-hybridized carbons (Fsp3) is 0.0526. The maximum atomic E-state index is 13.0. The van der Waals surface area contributed by atoms with Crippen LogP contribution in [-0.2, 0) is 6.54 Å². The van der Waals surface area contributed by atoms with Crippen LogP contribution in [0.3, 0.4) is 0 Å². The highest BCUT2D eigenvalue weighted by molar-refractivity contribution is 7.82. The van der Waals surface area contributed by atoms with E-state index >= 15 is 0 Å². The van der Waals surface area contributed by atoms with Crippen molar-refractivity contribution in [2.75, 3.05) is 10.2 Å². The standard InChI is InChI=1S/C19H15N5OS2/c25-18(22-14-5-9-21-10-6-14)24(12-13-3-7-20-8-4-13)15-1-2-16-17(11-15)27-19(26)23-16/h1-11H,12H2,(H,23,26)(H,21,22,25). The van der Waals surface area contributed by atoms with Gasteiger partial charge in [0.2, 0.25) is 0 Å². The number of pyridine rings is 2. The zero-order chi connectivity index (χ0) is 18.6. The smallest absolute Gasteiger partial charge is 0.307 e. The van der Waals surface area contributed by atoms with E-state index in [2.05, 4.69) is 32.9 Å². The number of aromatic nitrogens is 3. The first-order valence-corrected chi connectivity index (χ1v) is 9.42. The molecule has 4 rings (SSSR count). The third kappa shape index (κ3) is 4.07. The van der Waals surface area contributed by atoms with Crippen molar-refractivity contribution < 1.29 is 4.79 Å². The summed E-state index contributed by atoms with van der Waals surface area (Å²) in [6.45, 7) is 0.414. The molecule has 3 heterocycles. The van der Waals surface area contributed by atoms with Crippen molar-refractivity contribution in [3.63, 3.8) is 0 Å². The topological polar surface area (TPSA) is 71.0 Å². The molecule has 27 heavy (non-hydrogen) atoms. The van der Waals surface area contributed by atoms with Crippen molar-refractivity contribution in [1.82, 2.24) is 15.0 Å². The molecule has 0 atom stereocenters. The van der Waals surface area contributed by atoms with E-state index in [9.17, 15) is 4.79 Å². The van der Waals surface area contributed by atoms with E-state index in [4.69, 9.17) is 0 Å². The van der Waals surface area contributed by atoms with E-state index in [0.717, 1.165) is 21.5 Å². The molecule has 8 heteroatoms. The predicted molar refractivity (Wildman–Crippen MR) is 111 cm³/mol. The van der Waals surface area contributed by atoms with Gasteiger partial charge < -0.3 is 5.32 Å². The van der Waals surface area contributed by atoms with Crippen LogP contribution in [-0.4, -0.2) is 21.0 Å². The summed E-state index contributed by atoms with van der Waals surface area (Å²) in [7, 11) is 0. The number of thiol groups is 1. The van der Waals surface area contributed by atoms with Crippen LogP contribution in [0.15, 0.2) is 71.6 Å². The average molecular weight is 393 g/mol. The van der Waals surface area contributed by atoms with Crippen molar-refractivity contribution >= 4 is 51.6 Å². The Labute approximate surface area is 165 Å². The van der Waals surface area contributed by atoms with Crippen LogP contribution < -0.4 is 10.2 Å². The van der Waals surface area contributed by atoms with Crippen LogP contribution in [0.25, 0.3) is 10.2 Å². The van der Waals surface area contributed by atoms with Gasteiger partial charge in [-0.1, -0.05) is 0 Å². The number of benzene rings is 1. The van der Waals surface area contributed by atoms with Gasteiger partial charge in [-0.05, 0) is 48.0 Å². The lowest BCUT2D eigenvalue weighted by atomic mass is 10.2. The molecule has 0 unspecified atom stereocenters. The number of urea groups is 1. The van der Waals surface area contributed by atoms with Crippen LogP contribution in [0.2, 0.25) is 0 Å². The zero-order valence-electron chi connectivity index (χ0n) is 14.1. The van der Waals surface area contributed by atoms with Crippen LogP contribution in [0.5, 0.6) is 0 Å². The van der Waals surface area contributed by atoms with Gasteiger partial charge in [-0.2, -0.15) is 0 Å². The first-order chi connectivity index (χ1) is 13.2. The zero-order valence-corrected chi connectivity index (χ0v) is 15.8. The van der Waals surface area contributed by atoms with E-state index in [0.29, 0.717) is 16.6 Å². The molecule has 6 nitrogen and oxygen atoms in total. The summed E-state index contributed by atoms with van der Waals surface area (Å²) in [6, 6.07) is 12.8. The minimum Gasteiger partial charge on any atom is -0.307 e. The molecule has 0 bridgehead atoms. The Hall–Kier alpha value is -2.97. The number of hydrogen-bond donors (Lipinski definition) is 2. The first-order valence-electron chi connectivity index (χ1n) is 8.16. The van der Waals surface area contributed by atoms with E-state index in [1.807, 2.05) is 30.3 Å². The number of nitrogens with zero attached hydrogens (tertiary/aromatic N) is 4. The van der Waals surface area contributed by atoms with Crippen LogP contribution in [0.1, 0.15) is 5.56 Å². The summed E-state index contributed by atoms with van der Waals surface area (Å²) in [4.78, 5) is 27.1. The lowest BCUT2D eigenvalue weighted by Crippen LogP contribution is -2.34. The van der Waals surface area contributed by atoms with Gasteiger partial charge in [0, 0.05) is 36.2 Å². The van der Waals surface area contributed by atoms with Gasteiger partial charge in [0.25, 0.3) is 0 Å². The minimum absolute atomic E-state index is 0.229. The summed E-state index contributed by atoms with van der Waals surface area (Å²) < 4.78 is 1.68. The molecule has 0 aliphatic rings. The van der Waals surface area contributed by atoms with E-state index in [1.165, 1.54) is 11.3 Å². The highest BCUT2D eigenvalue weighted by Gasteiger charge is 2.18. The second kappa shape index (κ2) is 7.73.